The highest BCUT2D eigenvalue weighted by Crippen LogP contribution is 2.40. The summed E-state index contributed by atoms with van der Waals surface area (Å²) in [5.41, 5.74) is 1.46. The molecule has 2 aliphatic rings. The molecule has 0 bridgehead atoms. The number of rotatable bonds is 4. The lowest BCUT2D eigenvalue weighted by molar-refractivity contribution is 0.495. The summed E-state index contributed by atoms with van der Waals surface area (Å²) in [6, 6.07) is 0.0977. The van der Waals surface area contributed by atoms with Crippen LogP contribution in [0.25, 0.3) is 10.2 Å². The summed E-state index contributed by atoms with van der Waals surface area (Å²) in [6.07, 6.45) is 7.44. The highest BCUT2D eigenvalue weighted by atomic mass is 32.1. The van der Waals surface area contributed by atoms with Crippen molar-refractivity contribution in [2.75, 3.05) is 5.32 Å². The number of nitrogens with zero attached hydrogens (tertiary/aromatic N) is 5. The van der Waals surface area contributed by atoms with Gasteiger partial charge in [0.2, 0.25) is 0 Å². The Morgan fingerprint density at radius 1 is 1.22 bits per heavy atom. The Morgan fingerprint density at radius 3 is 2.96 bits per heavy atom. The second-order valence-corrected chi connectivity index (χ2v) is 9.43. The molecule has 0 saturated carbocycles. The second kappa shape index (κ2) is 6.55. The van der Waals surface area contributed by atoms with Crippen LogP contribution < -0.4 is 5.32 Å². The van der Waals surface area contributed by atoms with Crippen molar-refractivity contribution in [3.8, 4) is 0 Å². The van der Waals surface area contributed by atoms with E-state index in [1.807, 2.05) is 11.3 Å². The van der Waals surface area contributed by atoms with Crippen LogP contribution in [-0.4, -0.2) is 24.7 Å². The minimum Gasteiger partial charge on any atom is -0.359 e. The minimum absolute atomic E-state index is 0.0977. The molecule has 0 unspecified atom stereocenters. The van der Waals surface area contributed by atoms with Gasteiger partial charge in [0.15, 0.2) is 5.82 Å². The van der Waals surface area contributed by atoms with Crippen LogP contribution in [0.4, 0.5) is 5.82 Å². The molecule has 142 valence electrons. The standard InChI is InChI=1S/C20H26N6S/c1-11(2)17(19-25-24-15-5-4-8-26(15)19)23-18-16-13-7-6-12(3)9-14(13)27-20(16)22-10-21-18/h10-12,17H,4-9H2,1-3H3,(H,21,22,23)/t12-,17+/m0/s1. The average molecular weight is 383 g/mol. The highest BCUT2D eigenvalue weighted by molar-refractivity contribution is 7.19. The smallest absolute Gasteiger partial charge is 0.155 e. The summed E-state index contributed by atoms with van der Waals surface area (Å²) in [5.74, 6) is 4.27. The molecule has 3 aromatic heterocycles. The van der Waals surface area contributed by atoms with Gasteiger partial charge in [-0.05, 0) is 43.1 Å². The number of fused-ring (bicyclic) bond motifs is 4. The Labute approximate surface area is 163 Å². The van der Waals surface area contributed by atoms with Gasteiger partial charge in [0.1, 0.15) is 22.8 Å². The minimum atomic E-state index is 0.0977. The maximum atomic E-state index is 4.66. The van der Waals surface area contributed by atoms with Gasteiger partial charge < -0.3 is 9.88 Å². The number of aryl methyl sites for hydroxylation is 2. The van der Waals surface area contributed by atoms with Gasteiger partial charge in [-0.3, -0.25) is 0 Å². The van der Waals surface area contributed by atoms with E-state index in [0.717, 1.165) is 54.0 Å². The van der Waals surface area contributed by atoms with Gasteiger partial charge in [0, 0.05) is 17.8 Å². The molecule has 7 heteroatoms. The van der Waals surface area contributed by atoms with E-state index in [9.17, 15) is 0 Å². The van der Waals surface area contributed by atoms with Crippen LogP contribution >= 0.6 is 11.3 Å². The highest BCUT2D eigenvalue weighted by Gasteiger charge is 2.29. The molecule has 0 saturated heterocycles. The first-order valence-corrected chi connectivity index (χ1v) is 10.9. The Kier molecular flexibility index (Phi) is 4.15. The molecular formula is C20H26N6S. The van der Waals surface area contributed by atoms with Gasteiger partial charge in [0.25, 0.3) is 0 Å². The number of hydrogen-bond donors (Lipinski definition) is 1. The number of aromatic nitrogens is 5. The van der Waals surface area contributed by atoms with Crippen LogP contribution in [0.5, 0.6) is 0 Å². The van der Waals surface area contributed by atoms with Gasteiger partial charge in [0.05, 0.1) is 11.4 Å². The summed E-state index contributed by atoms with van der Waals surface area (Å²) in [4.78, 5) is 11.8. The lowest BCUT2D eigenvalue weighted by Gasteiger charge is -2.23. The third kappa shape index (κ3) is 2.83. The van der Waals surface area contributed by atoms with Crippen molar-refractivity contribution in [2.45, 2.75) is 65.5 Å². The van der Waals surface area contributed by atoms with Gasteiger partial charge >= 0.3 is 0 Å². The largest absolute Gasteiger partial charge is 0.359 e. The molecule has 1 N–H and O–H groups in total. The van der Waals surface area contributed by atoms with Gasteiger partial charge in [-0.1, -0.05) is 20.8 Å². The summed E-state index contributed by atoms with van der Waals surface area (Å²) >= 11 is 1.85. The van der Waals surface area contributed by atoms with E-state index < -0.39 is 0 Å². The molecule has 27 heavy (non-hydrogen) atoms. The summed E-state index contributed by atoms with van der Waals surface area (Å²) < 4.78 is 2.29. The zero-order chi connectivity index (χ0) is 18.5. The molecule has 1 aliphatic carbocycles. The van der Waals surface area contributed by atoms with E-state index >= 15 is 0 Å². The van der Waals surface area contributed by atoms with Crippen LogP contribution in [0.15, 0.2) is 6.33 Å². The fraction of sp³-hybridized carbons (Fsp3) is 0.600. The Bertz CT molecular complexity index is 988. The SMILES string of the molecule is CC(C)[C@@H](Nc1ncnc2sc3c(c12)CC[C@H](C)C3)c1nnc2n1CCC2. The van der Waals surface area contributed by atoms with E-state index in [-0.39, 0.29) is 6.04 Å². The fourth-order valence-electron chi connectivity index (χ4n) is 4.46. The molecule has 0 amide bonds. The van der Waals surface area contributed by atoms with Crippen LogP contribution in [0.3, 0.4) is 0 Å². The van der Waals surface area contributed by atoms with E-state index in [1.165, 1.54) is 28.7 Å². The number of hydrogen-bond acceptors (Lipinski definition) is 6. The summed E-state index contributed by atoms with van der Waals surface area (Å²) in [6.45, 7) is 7.83. The quantitative estimate of drug-likeness (QED) is 0.734. The summed E-state index contributed by atoms with van der Waals surface area (Å²) in [7, 11) is 0. The first-order valence-electron chi connectivity index (χ1n) is 10.1. The zero-order valence-corrected chi connectivity index (χ0v) is 17.0. The number of thiophene rings is 1. The van der Waals surface area contributed by atoms with Gasteiger partial charge in [-0.15, -0.1) is 21.5 Å². The molecule has 2 atom stereocenters. The third-order valence-corrected chi connectivity index (χ3v) is 7.13. The van der Waals surface area contributed by atoms with Crippen molar-refractivity contribution in [3.63, 3.8) is 0 Å². The van der Waals surface area contributed by atoms with Crippen molar-refractivity contribution in [1.82, 2.24) is 24.7 Å². The number of nitrogens with one attached hydrogen (secondary N) is 1. The Hall–Kier alpha value is -2.02. The summed E-state index contributed by atoms with van der Waals surface area (Å²) in [5, 5.41) is 13.9. The molecule has 0 spiro atoms. The van der Waals surface area contributed by atoms with Crippen molar-refractivity contribution in [2.24, 2.45) is 11.8 Å². The van der Waals surface area contributed by atoms with Crippen molar-refractivity contribution in [3.05, 3.63) is 28.4 Å². The normalized spacial score (nSPS) is 20.1. The monoisotopic (exact) mass is 382 g/mol. The van der Waals surface area contributed by atoms with Gasteiger partial charge in [-0.25, -0.2) is 9.97 Å². The predicted molar refractivity (Wildman–Crippen MR) is 108 cm³/mol. The van der Waals surface area contributed by atoms with E-state index in [0.29, 0.717) is 5.92 Å². The van der Waals surface area contributed by atoms with E-state index in [2.05, 4.69) is 50.8 Å². The van der Waals surface area contributed by atoms with Gasteiger partial charge in [-0.2, -0.15) is 0 Å². The zero-order valence-electron chi connectivity index (χ0n) is 16.2. The second-order valence-electron chi connectivity index (χ2n) is 8.35. The van der Waals surface area contributed by atoms with Crippen LogP contribution in [0, 0.1) is 11.8 Å². The van der Waals surface area contributed by atoms with Crippen LogP contribution in [0.2, 0.25) is 0 Å². The first-order chi connectivity index (χ1) is 13.1. The van der Waals surface area contributed by atoms with Crippen LogP contribution in [0.1, 0.15) is 61.7 Å². The maximum absolute atomic E-state index is 4.66. The first kappa shape index (κ1) is 17.1. The Balaban J connectivity index is 1.56. The van der Waals surface area contributed by atoms with E-state index in [4.69, 9.17) is 0 Å². The molecule has 5 rings (SSSR count). The van der Waals surface area contributed by atoms with Crippen molar-refractivity contribution < 1.29 is 0 Å². The lowest BCUT2D eigenvalue weighted by Crippen LogP contribution is -2.22. The van der Waals surface area contributed by atoms with E-state index in [1.54, 1.807) is 6.33 Å². The van der Waals surface area contributed by atoms with Crippen molar-refractivity contribution in [1.29, 1.82) is 0 Å². The molecule has 1 aliphatic heterocycles. The molecule has 0 aromatic carbocycles. The average Bonchev–Trinajstić information content (AvgIpc) is 3.33. The molecular weight excluding hydrogens is 356 g/mol. The predicted octanol–water partition coefficient (Wildman–Crippen LogP) is 4.16. The third-order valence-electron chi connectivity index (χ3n) is 5.97. The molecule has 0 fully saturated rings. The molecule has 6 nitrogen and oxygen atoms in total. The Morgan fingerprint density at radius 2 is 2.11 bits per heavy atom. The molecule has 4 heterocycles. The lowest BCUT2D eigenvalue weighted by atomic mass is 9.89. The maximum Gasteiger partial charge on any atom is 0.155 e. The van der Waals surface area contributed by atoms with Crippen LogP contribution in [-0.2, 0) is 25.8 Å². The van der Waals surface area contributed by atoms with Crippen molar-refractivity contribution >= 4 is 27.4 Å². The fourth-order valence-corrected chi connectivity index (χ4v) is 5.81. The molecule has 3 aromatic rings. The molecule has 0 radical (unpaired) electrons. The number of anilines is 1. The topological polar surface area (TPSA) is 68.5 Å².